The van der Waals surface area contributed by atoms with E-state index in [0.717, 1.165) is 24.6 Å². The summed E-state index contributed by atoms with van der Waals surface area (Å²) < 4.78 is 5.57. The van der Waals surface area contributed by atoms with Crippen molar-refractivity contribution in [3.05, 3.63) is 15.6 Å². The molecule has 0 saturated heterocycles. The van der Waals surface area contributed by atoms with Crippen molar-refractivity contribution < 1.29 is 4.74 Å². The molecule has 0 bridgehead atoms. The number of rotatable bonds is 6. The van der Waals surface area contributed by atoms with Crippen molar-refractivity contribution >= 4 is 11.3 Å². The molecule has 1 aromatic rings. The molecule has 2 rings (SSSR count). The zero-order chi connectivity index (χ0) is 12.1. The van der Waals surface area contributed by atoms with E-state index < -0.39 is 0 Å². The smallest absolute Gasteiger partial charge is 0.119 e. The highest BCUT2D eigenvalue weighted by Crippen LogP contribution is 2.33. The maximum absolute atomic E-state index is 5.57. The third-order valence-electron chi connectivity index (χ3n) is 3.02. The van der Waals surface area contributed by atoms with Crippen LogP contribution in [0.2, 0.25) is 0 Å². The summed E-state index contributed by atoms with van der Waals surface area (Å²) in [7, 11) is 0. The number of nitrogens with one attached hydrogen (secondary N) is 1. The van der Waals surface area contributed by atoms with Gasteiger partial charge in [-0.15, -0.1) is 11.3 Å². The summed E-state index contributed by atoms with van der Waals surface area (Å²) in [6.45, 7) is 6.83. The molecular weight excluding hydrogens is 232 g/mol. The second-order valence-corrected chi connectivity index (χ2v) is 5.64. The lowest BCUT2D eigenvalue weighted by molar-refractivity contribution is 0.121. The van der Waals surface area contributed by atoms with Crippen LogP contribution in [0.1, 0.15) is 54.7 Å². The van der Waals surface area contributed by atoms with Gasteiger partial charge in [-0.2, -0.15) is 0 Å². The van der Waals surface area contributed by atoms with Gasteiger partial charge < -0.3 is 10.1 Å². The molecule has 1 heterocycles. The Hall–Kier alpha value is -0.450. The molecule has 17 heavy (non-hydrogen) atoms. The zero-order valence-electron chi connectivity index (χ0n) is 10.8. The van der Waals surface area contributed by atoms with Gasteiger partial charge in [0.25, 0.3) is 0 Å². The Morgan fingerprint density at radius 2 is 2.35 bits per heavy atom. The summed E-state index contributed by atoms with van der Waals surface area (Å²) in [5.41, 5.74) is 1.29. The summed E-state index contributed by atoms with van der Waals surface area (Å²) in [5, 5.41) is 4.67. The first-order valence-electron chi connectivity index (χ1n) is 6.64. The second kappa shape index (κ2) is 6.47. The SMILES string of the molecule is CCCOCc1nc2c(s1)CCCC2NCC. The highest BCUT2D eigenvalue weighted by molar-refractivity contribution is 7.11. The largest absolute Gasteiger partial charge is 0.374 e. The molecule has 1 atom stereocenters. The van der Waals surface area contributed by atoms with Crippen LogP contribution in [0.4, 0.5) is 0 Å². The van der Waals surface area contributed by atoms with Gasteiger partial charge in [0.1, 0.15) is 5.01 Å². The highest BCUT2D eigenvalue weighted by atomic mass is 32.1. The zero-order valence-corrected chi connectivity index (χ0v) is 11.6. The predicted molar refractivity (Wildman–Crippen MR) is 71.4 cm³/mol. The first kappa shape index (κ1) is 13.0. The Labute approximate surface area is 108 Å². The third-order valence-corrected chi connectivity index (χ3v) is 4.13. The number of hydrogen-bond acceptors (Lipinski definition) is 4. The normalized spacial score (nSPS) is 19.3. The molecule has 0 spiro atoms. The quantitative estimate of drug-likeness (QED) is 0.792. The Kier molecular flexibility index (Phi) is 4.95. The maximum Gasteiger partial charge on any atom is 0.119 e. The van der Waals surface area contributed by atoms with Crippen molar-refractivity contribution in [2.24, 2.45) is 0 Å². The highest BCUT2D eigenvalue weighted by Gasteiger charge is 2.23. The fourth-order valence-electron chi connectivity index (χ4n) is 2.28. The van der Waals surface area contributed by atoms with E-state index in [9.17, 15) is 0 Å². The van der Waals surface area contributed by atoms with Crippen LogP contribution in [0.5, 0.6) is 0 Å². The second-order valence-electron chi connectivity index (χ2n) is 4.47. The van der Waals surface area contributed by atoms with Crippen LogP contribution in [-0.2, 0) is 17.8 Å². The molecule has 1 aliphatic rings. The van der Waals surface area contributed by atoms with Crippen LogP contribution in [-0.4, -0.2) is 18.1 Å². The first-order valence-corrected chi connectivity index (χ1v) is 7.46. The van der Waals surface area contributed by atoms with Gasteiger partial charge in [0, 0.05) is 11.5 Å². The van der Waals surface area contributed by atoms with Crippen LogP contribution in [0.3, 0.4) is 0 Å². The molecule has 4 heteroatoms. The van der Waals surface area contributed by atoms with Crippen LogP contribution in [0.15, 0.2) is 0 Å². The summed E-state index contributed by atoms with van der Waals surface area (Å²) in [6.07, 6.45) is 4.77. The molecule has 1 aliphatic carbocycles. The fraction of sp³-hybridized carbons (Fsp3) is 0.769. The Morgan fingerprint density at radius 3 is 3.12 bits per heavy atom. The molecule has 1 N–H and O–H groups in total. The average molecular weight is 254 g/mol. The number of aryl methyl sites for hydroxylation is 1. The maximum atomic E-state index is 5.57. The Bertz CT molecular complexity index is 351. The van der Waals surface area contributed by atoms with Gasteiger partial charge in [-0.3, -0.25) is 0 Å². The molecule has 0 radical (unpaired) electrons. The van der Waals surface area contributed by atoms with Crippen molar-refractivity contribution in [3.63, 3.8) is 0 Å². The molecule has 96 valence electrons. The van der Waals surface area contributed by atoms with Crippen molar-refractivity contribution in [2.45, 2.75) is 52.2 Å². The van der Waals surface area contributed by atoms with E-state index in [1.165, 1.54) is 29.8 Å². The number of nitrogens with zero attached hydrogens (tertiary/aromatic N) is 1. The summed E-state index contributed by atoms with van der Waals surface area (Å²) >= 11 is 1.84. The van der Waals surface area contributed by atoms with E-state index in [1.54, 1.807) is 0 Å². The summed E-state index contributed by atoms with van der Waals surface area (Å²) in [5.74, 6) is 0. The van der Waals surface area contributed by atoms with Crippen LogP contribution in [0, 0.1) is 0 Å². The molecular formula is C13H22N2OS. The standard InChI is InChI=1S/C13H22N2OS/c1-3-8-16-9-12-15-13-10(14-4-2)6-5-7-11(13)17-12/h10,14H,3-9H2,1-2H3. The third kappa shape index (κ3) is 3.27. The van der Waals surface area contributed by atoms with Gasteiger partial charge in [0.05, 0.1) is 18.3 Å². The number of fused-ring (bicyclic) bond motifs is 1. The molecule has 1 aromatic heterocycles. The van der Waals surface area contributed by atoms with Crippen molar-refractivity contribution in [3.8, 4) is 0 Å². The molecule has 0 fully saturated rings. The molecule has 0 amide bonds. The minimum absolute atomic E-state index is 0.472. The number of hydrogen-bond donors (Lipinski definition) is 1. The van der Waals surface area contributed by atoms with E-state index in [1.807, 2.05) is 11.3 Å². The minimum Gasteiger partial charge on any atom is -0.374 e. The fourth-order valence-corrected chi connectivity index (χ4v) is 3.39. The number of thiazole rings is 1. The van der Waals surface area contributed by atoms with Crippen LogP contribution in [0.25, 0.3) is 0 Å². The van der Waals surface area contributed by atoms with E-state index in [-0.39, 0.29) is 0 Å². The average Bonchev–Trinajstić information content (AvgIpc) is 2.74. The molecule has 0 saturated carbocycles. The summed E-state index contributed by atoms with van der Waals surface area (Å²) in [4.78, 5) is 6.22. The van der Waals surface area contributed by atoms with Gasteiger partial charge in [-0.05, 0) is 32.2 Å². The first-order chi connectivity index (χ1) is 8.35. The topological polar surface area (TPSA) is 34.1 Å². The predicted octanol–water partition coefficient (Wildman–Crippen LogP) is 3.06. The number of aromatic nitrogens is 1. The Morgan fingerprint density at radius 1 is 1.47 bits per heavy atom. The van der Waals surface area contributed by atoms with Crippen molar-refractivity contribution in [2.75, 3.05) is 13.2 Å². The lowest BCUT2D eigenvalue weighted by Crippen LogP contribution is -2.24. The van der Waals surface area contributed by atoms with Crippen molar-refractivity contribution in [1.29, 1.82) is 0 Å². The van der Waals surface area contributed by atoms with Gasteiger partial charge in [0.2, 0.25) is 0 Å². The van der Waals surface area contributed by atoms with Gasteiger partial charge in [-0.25, -0.2) is 4.98 Å². The monoisotopic (exact) mass is 254 g/mol. The minimum atomic E-state index is 0.472. The van der Waals surface area contributed by atoms with Gasteiger partial charge >= 0.3 is 0 Å². The van der Waals surface area contributed by atoms with Gasteiger partial charge in [0.15, 0.2) is 0 Å². The number of ether oxygens (including phenoxy) is 1. The summed E-state index contributed by atoms with van der Waals surface area (Å²) in [6, 6.07) is 0.472. The van der Waals surface area contributed by atoms with Crippen molar-refractivity contribution in [1.82, 2.24) is 10.3 Å². The molecule has 0 aliphatic heterocycles. The lowest BCUT2D eigenvalue weighted by atomic mass is 9.98. The van der Waals surface area contributed by atoms with Gasteiger partial charge in [-0.1, -0.05) is 13.8 Å². The Balaban J connectivity index is 2.02. The van der Waals surface area contributed by atoms with E-state index in [4.69, 9.17) is 9.72 Å². The molecule has 0 aromatic carbocycles. The van der Waals surface area contributed by atoms with E-state index >= 15 is 0 Å². The lowest BCUT2D eigenvalue weighted by Gasteiger charge is -2.21. The van der Waals surface area contributed by atoms with E-state index in [2.05, 4.69) is 19.2 Å². The van der Waals surface area contributed by atoms with E-state index in [0.29, 0.717) is 12.6 Å². The molecule has 1 unspecified atom stereocenters. The van der Waals surface area contributed by atoms with Crippen LogP contribution >= 0.6 is 11.3 Å². The van der Waals surface area contributed by atoms with Crippen LogP contribution < -0.4 is 5.32 Å². The molecule has 3 nitrogen and oxygen atoms in total.